The van der Waals surface area contributed by atoms with Crippen LogP contribution in [0.4, 0.5) is 4.39 Å². The first-order valence-electron chi connectivity index (χ1n) is 5.80. The molecule has 0 fully saturated rings. The maximum Gasteiger partial charge on any atom is 0.128 e. The van der Waals surface area contributed by atoms with Crippen molar-refractivity contribution in [3.8, 4) is 0 Å². The van der Waals surface area contributed by atoms with Gasteiger partial charge in [-0.1, -0.05) is 28.1 Å². The van der Waals surface area contributed by atoms with Crippen molar-refractivity contribution >= 4 is 15.9 Å². The standard InChI is InChI=1S/C14H14BrFN2/c15-12-5-4-11(14(16)9-12)10-17-8-6-13-3-1-2-7-18-13/h1-5,7,9,17H,6,8,10H2. The van der Waals surface area contributed by atoms with Crippen LogP contribution < -0.4 is 5.32 Å². The Balaban J connectivity index is 1.79. The van der Waals surface area contributed by atoms with Crippen molar-refractivity contribution in [1.82, 2.24) is 10.3 Å². The van der Waals surface area contributed by atoms with Gasteiger partial charge in [0, 0.05) is 41.4 Å². The molecule has 0 aliphatic rings. The molecule has 0 aliphatic carbocycles. The van der Waals surface area contributed by atoms with Crippen molar-refractivity contribution in [2.45, 2.75) is 13.0 Å². The Bertz CT molecular complexity index is 502. The third-order valence-corrected chi connectivity index (χ3v) is 3.11. The van der Waals surface area contributed by atoms with Gasteiger partial charge in [0.15, 0.2) is 0 Å². The Labute approximate surface area is 114 Å². The summed E-state index contributed by atoms with van der Waals surface area (Å²) in [6.07, 6.45) is 2.63. The van der Waals surface area contributed by atoms with Crippen molar-refractivity contribution < 1.29 is 4.39 Å². The topological polar surface area (TPSA) is 24.9 Å². The molecule has 94 valence electrons. The fraction of sp³-hybridized carbons (Fsp3) is 0.214. The van der Waals surface area contributed by atoms with E-state index in [4.69, 9.17) is 0 Å². The molecule has 0 radical (unpaired) electrons. The lowest BCUT2D eigenvalue weighted by molar-refractivity contribution is 0.587. The predicted octanol–water partition coefficient (Wildman–Crippen LogP) is 3.32. The third kappa shape index (κ3) is 3.89. The minimum absolute atomic E-state index is 0.185. The van der Waals surface area contributed by atoms with Crippen molar-refractivity contribution in [2.24, 2.45) is 0 Å². The molecule has 1 N–H and O–H groups in total. The molecule has 0 saturated carbocycles. The lowest BCUT2D eigenvalue weighted by atomic mass is 10.2. The number of hydrogen-bond donors (Lipinski definition) is 1. The molecule has 2 nitrogen and oxygen atoms in total. The zero-order valence-electron chi connectivity index (χ0n) is 9.87. The predicted molar refractivity (Wildman–Crippen MR) is 73.7 cm³/mol. The Morgan fingerprint density at radius 3 is 2.83 bits per heavy atom. The molecule has 0 unspecified atom stereocenters. The molecule has 1 aromatic heterocycles. The highest BCUT2D eigenvalue weighted by Crippen LogP contribution is 2.14. The lowest BCUT2D eigenvalue weighted by Crippen LogP contribution is -2.17. The van der Waals surface area contributed by atoms with E-state index in [2.05, 4.69) is 26.2 Å². The van der Waals surface area contributed by atoms with E-state index in [0.717, 1.165) is 23.1 Å². The number of nitrogens with one attached hydrogen (secondary N) is 1. The average molecular weight is 309 g/mol. The van der Waals surface area contributed by atoms with Gasteiger partial charge < -0.3 is 5.32 Å². The first-order chi connectivity index (χ1) is 8.75. The van der Waals surface area contributed by atoms with Crippen molar-refractivity contribution in [1.29, 1.82) is 0 Å². The van der Waals surface area contributed by atoms with E-state index in [1.54, 1.807) is 12.3 Å². The number of rotatable bonds is 5. The van der Waals surface area contributed by atoms with Gasteiger partial charge >= 0.3 is 0 Å². The van der Waals surface area contributed by atoms with Crippen molar-refractivity contribution in [3.05, 3.63) is 64.1 Å². The van der Waals surface area contributed by atoms with Crippen molar-refractivity contribution in [3.63, 3.8) is 0 Å². The molecular formula is C14H14BrFN2. The summed E-state index contributed by atoms with van der Waals surface area (Å²) in [6, 6.07) is 11.0. The van der Waals surface area contributed by atoms with Crippen LogP contribution in [0.25, 0.3) is 0 Å². The van der Waals surface area contributed by atoms with Gasteiger partial charge in [-0.3, -0.25) is 4.98 Å². The number of benzene rings is 1. The fourth-order valence-electron chi connectivity index (χ4n) is 1.65. The van der Waals surface area contributed by atoms with Crippen LogP contribution >= 0.6 is 15.9 Å². The highest BCUT2D eigenvalue weighted by atomic mass is 79.9. The van der Waals surface area contributed by atoms with Gasteiger partial charge in [0.25, 0.3) is 0 Å². The molecule has 0 bridgehead atoms. The Hall–Kier alpha value is -1.26. The molecule has 2 rings (SSSR count). The number of aromatic nitrogens is 1. The first-order valence-corrected chi connectivity index (χ1v) is 6.59. The minimum atomic E-state index is -0.185. The maximum atomic E-state index is 13.5. The van der Waals surface area contributed by atoms with Crippen LogP contribution in [0.2, 0.25) is 0 Å². The minimum Gasteiger partial charge on any atom is -0.312 e. The summed E-state index contributed by atoms with van der Waals surface area (Å²) in [4.78, 5) is 4.23. The molecule has 1 aromatic carbocycles. The normalized spacial score (nSPS) is 10.6. The Kier molecular flexibility index (Phi) is 4.84. The lowest BCUT2D eigenvalue weighted by Gasteiger charge is -2.06. The second-order valence-electron chi connectivity index (χ2n) is 3.98. The van der Waals surface area contributed by atoms with Gasteiger partial charge in [0.1, 0.15) is 5.82 Å². The molecular weight excluding hydrogens is 295 g/mol. The van der Waals surface area contributed by atoms with Crippen molar-refractivity contribution in [2.75, 3.05) is 6.54 Å². The summed E-state index contributed by atoms with van der Waals surface area (Å²) in [5.41, 5.74) is 1.72. The third-order valence-electron chi connectivity index (χ3n) is 2.61. The van der Waals surface area contributed by atoms with Gasteiger partial charge in [-0.05, 0) is 24.3 Å². The summed E-state index contributed by atoms with van der Waals surface area (Å²) < 4.78 is 14.3. The van der Waals surface area contributed by atoms with E-state index < -0.39 is 0 Å². The monoisotopic (exact) mass is 308 g/mol. The van der Waals surface area contributed by atoms with E-state index in [9.17, 15) is 4.39 Å². The van der Waals surface area contributed by atoms with Crippen LogP contribution in [-0.4, -0.2) is 11.5 Å². The number of halogens is 2. The molecule has 2 aromatic rings. The SMILES string of the molecule is Fc1cc(Br)ccc1CNCCc1ccccn1. The molecule has 0 spiro atoms. The summed E-state index contributed by atoms with van der Waals surface area (Å²) in [6.45, 7) is 1.32. The number of hydrogen-bond acceptors (Lipinski definition) is 2. The Morgan fingerprint density at radius 2 is 2.11 bits per heavy atom. The van der Waals surface area contributed by atoms with Gasteiger partial charge in [0.05, 0.1) is 0 Å². The zero-order valence-corrected chi connectivity index (χ0v) is 11.5. The molecule has 18 heavy (non-hydrogen) atoms. The van der Waals surface area contributed by atoms with Crippen LogP contribution in [0.3, 0.4) is 0 Å². The zero-order chi connectivity index (χ0) is 12.8. The van der Waals surface area contributed by atoms with Gasteiger partial charge in [0.2, 0.25) is 0 Å². The van der Waals surface area contributed by atoms with Gasteiger partial charge in [-0.2, -0.15) is 0 Å². The van der Waals surface area contributed by atoms with Gasteiger partial charge in [-0.15, -0.1) is 0 Å². The highest BCUT2D eigenvalue weighted by molar-refractivity contribution is 9.10. The Morgan fingerprint density at radius 1 is 1.22 bits per heavy atom. The summed E-state index contributed by atoms with van der Waals surface area (Å²) in [7, 11) is 0. The molecule has 0 saturated heterocycles. The van der Waals surface area contributed by atoms with Crippen LogP contribution in [-0.2, 0) is 13.0 Å². The summed E-state index contributed by atoms with van der Waals surface area (Å²) in [5, 5.41) is 3.22. The van der Waals surface area contributed by atoms with Gasteiger partial charge in [-0.25, -0.2) is 4.39 Å². The number of pyridine rings is 1. The van der Waals surface area contributed by atoms with E-state index >= 15 is 0 Å². The molecule has 0 atom stereocenters. The summed E-state index contributed by atoms with van der Waals surface area (Å²) in [5.74, 6) is -0.185. The fourth-order valence-corrected chi connectivity index (χ4v) is 1.98. The second kappa shape index (κ2) is 6.61. The first kappa shape index (κ1) is 13.2. The molecule has 0 amide bonds. The highest BCUT2D eigenvalue weighted by Gasteiger charge is 2.02. The maximum absolute atomic E-state index is 13.5. The quantitative estimate of drug-likeness (QED) is 0.857. The molecule has 1 heterocycles. The smallest absolute Gasteiger partial charge is 0.128 e. The van der Waals surface area contributed by atoms with Crippen LogP contribution in [0.1, 0.15) is 11.3 Å². The van der Waals surface area contributed by atoms with Crippen LogP contribution in [0.15, 0.2) is 47.1 Å². The second-order valence-corrected chi connectivity index (χ2v) is 4.90. The number of nitrogens with zero attached hydrogens (tertiary/aromatic N) is 1. The van der Waals surface area contributed by atoms with E-state index in [1.165, 1.54) is 6.07 Å². The molecule has 0 aliphatic heterocycles. The molecule has 4 heteroatoms. The van der Waals surface area contributed by atoms with Crippen LogP contribution in [0.5, 0.6) is 0 Å². The van der Waals surface area contributed by atoms with E-state index in [0.29, 0.717) is 12.1 Å². The van der Waals surface area contributed by atoms with E-state index in [1.807, 2.05) is 24.3 Å². The average Bonchev–Trinajstić information content (AvgIpc) is 2.38. The largest absolute Gasteiger partial charge is 0.312 e. The summed E-state index contributed by atoms with van der Waals surface area (Å²) >= 11 is 3.24. The van der Waals surface area contributed by atoms with Crippen LogP contribution in [0, 0.1) is 5.82 Å². The van der Waals surface area contributed by atoms with E-state index in [-0.39, 0.29) is 5.82 Å².